The van der Waals surface area contributed by atoms with Gasteiger partial charge in [-0.25, -0.2) is 17.9 Å². The van der Waals surface area contributed by atoms with Crippen molar-refractivity contribution in [3.8, 4) is 5.88 Å². The highest BCUT2D eigenvalue weighted by Gasteiger charge is 2.35. The molecule has 0 unspecified atom stereocenters. The van der Waals surface area contributed by atoms with Gasteiger partial charge in [0.25, 0.3) is 0 Å². The number of aromatic nitrogens is 1. The molecule has 28 heavy (non-hydrogen) atoms. The van der Waals surface area contributed by atoms with E-state index in [9.17, 15) is 13.2 Å². The fourth-order valence-electron chi connectivity index (χ4n) is 3.34. The molecule has 2 aromatic heterocycles. The minimum absolute atomic E-state index is 0.223. The fourth-order valence-corrected chi connectivity index (χ4v) is 5.56. The maximum Gasteiger partial charge on any atom is 0.414 e. The molecular weight excluding hydrogens is 445 g/mol. The van der Waals surface area contributed by atoms with Crippen molar-refractivity contribution < 1.29 is 17.9 Å². The largest absolute Gasteiger partial charge is 0.414 e. The van der Waals surface area contributed by atoms with Gasteiger partial charge in [-0.1, -0.05) is 47.5 Å². The zero-order valence-corrected chi connectivity index (χ0v) is 17.6. The first-order chi connectivity index (χ1) is 13.2. The highest BCUT2D eigenvalue weighted by molar-refractivity contribution is 7.88. The number of amides is 1. The van der Waals surface area contributed by atoms with Gasteiger partial charge in [-0.2, -0.15) is 0 Å². The third-order valence-electron chi connectivity index (χ3n) is 4.43. The van der Waals surface area contributed by atoms with Gasteiger partial charge in [0.05, 0.1) is 33.6 Å². The Morgan fingerprint density at radius 2 is 2.07 bits per heavy atom. The molecule has 0 spiro atoms. The average Bonchev–Trinajstić information content (AvgIpc) is 3.21. The van der Waals surface area contributed by atoms with Crippen LogP contribution in [0.2, 0.25) is 9.36 Å². The quantitative estimate of drug-likeness (QED) is 0.551. The number of nitrogens with one attached hydrogen (secondary N) is 3. The number of H-pyrrole nitrogens is 1. The second kappa shape index (κ2) is 7.23. The lowest BCUT2D eigenvalue weighted by atomic mass is 10.1. The molecular formula is C17H15Cl2N3O4S2. The van der Waals surface area contributed by atoms with E-state index in [1.807, 2.05) is 24.3 Å². The van der Waals surface area contributed by atoms with Gasteiger partial charge < -0.3 is 15.0 Å². The van der Waals surface area contributed by atoms with Crippen LogP contribution in [0.1, 0.15) is 17.2 Å². The van der Waals surface area contributed by atoms with Gasteiger partial charge in [-0.3, -0.25) is 0 Å². The van der Waals surface area contributed by atoms with Crippen molar-refractivity contribution in [2.75, 3.05) is 6.26 Å². The number of ether oxygens (including phenoxy) is 1. The number of halogens is 2. The molecule has 1 aliphatic rings. The molecule has 7 nitrogen and oxygen atoms in total. The second-order valence-corrected chi connectivity index (χ2v) is 10.3. The monoisotopic (exact) mass is 459 g/mol. The normalized spacial score (nSPS) is 19.0. The molecule has 0 aliphatic heterocycles. The van der Waals surface area contributed by atoms with Crippen LogP contribution in [0.5, 0.6) is 5.88 Å². The summed E-state index contributed by atoms with van der Waals surface area (Å²) in [6.45, 7) is 0. The van der Waals surface area contributed by atoms with E-state index >= 15 is 0 Å². The number of fused-ring (bicyclic) bond motifs is 2. The molecule has 0 saturated carbocycles. The Hall–Kier alpha value is -1.78. The molecule has 1 amide bonds. The summed E-state index contributed by atoms with van der Waals surface area (Å²) in [5.41, 5.74) is 2.40. The first-order valence-electron chi connectivity index (χ1n) is 8.21. The van der Waals surface area contributed by atoms with Crippen LogP contribution in [-0.4, -0.2) is 31.8 Å². The summed E-state index contributed by atoms with van der Waals surface area (Å²) in [7, 11) is -3.47. The molecule has 3 aromatic rings. The van der Waals surface area contributed by atoms with Crippen LogP contribution in [0, 0.1) is 0 Å². The van der Waals surface area contributed by atoms with E-state index in [1.54, 1.807) is 6.07 Å². The van der Waals surface area contributed by atoms with E-state index in [1.165, 1.54) is 11.3 Å². The predicted molar refractivity (Wildman–Crippen MR) is 110 cm³/mol. The van der Waals surface area contributed by atoms with E-state index in [0.717, 1.165) is 22.1 Å². The minimum Gasteiger partial charge on any atom is -0.393 e. The molecule has 0 radical (unpaired) electrons. The molecule has 11 heteroatoms. The van der Waals surface area contributed by atoms with E-state index in [-0.39, 0.29) is 5.88 Å². The molecule has 0 bridgehead atoms. The predicted octanol–water partition coefficient (Wildman–Crippen LogP) is 3.84. The zero-order valence-electron chi connectivity index (χ0n) is 14.5. The number of hydrogen-bond donors (Lipinski definition) is 3. The minimum atomic E-state index is -3.47. The van der Waals surface area contributed by atoms with Crippen molar-refractivity contribution in [2.45, 2.75) is 18.5 Å². The molecule has 2 heterocycles. The van der Waals surface area contributed by atoms with Crippen molar-refractivity contribution in [1.29, 1.82) is 0 Å². The van der Waals surface area contributed by atoms with Gasteiger partial charge in [0, 0.05) is 6.07 Å². The molecule has 4 rings (SSSR count). The van der Waals surface area contributed by atoms with Gasteiger partial charge in [-0.15, -0.1) is 11.3 Å². The van der Waals surface area contributed by atoms with Crippen molar-refractivity contribution in [1.82, 2.24) is 15.0 Å². The van der Waals surface area contributed by atoms with E-state index < -0.39 is 28.2 Å². The topological polar surface area (TPSA) is 100 Å². The third kappa shape index (κ3) is 3.85. The van der Waals surface area contributed by atoms with Gasteiger partial charge in [0.2, 0.25) is 15.9 Å². The number of carbonyl (C=O) groups excluding carboxylic acids is 1. The molecule has 1 aliphatic carbocycles. The maximum atomic E-state index is 12.4. The van der Waals surface area contributed by atoms with Crippen LogP contribution in [0.4, 0.5) is 4.79 Å². The van der Waals surface area contributed by atoms with Crippen LogP contribution in [0.3, 0.4) is 0 Å². The highest BCUT2D eigenvalue weighted by Crippen LogP contribution is 2.40. The molecule has 148 valence electrons. The molecule has 2 atom stereocenters. The number of rotatable bonds is 4. The number of benzene rings is 1. The Morgan fingerprint density at radius 1 is 1.32 bits per heavy atom. The first kappa shape index (κ1) is 19.5. The summed E-state index contributed by atoms with van der Waals surface area (Å²) in [5.74, 6) is 0.223. The fraction of sp³-hybridized carbons (Fsp3) is 0.235. The Morgan fingerprint density at radius 3 is 2.79 bits per heavy atom. The van der Waals surface area contributed by atoms with Crippen LogP contribution in [-0.2, 0) is 16.4 Å². The van der Waals surface area contributed by atoms with Crippen LogP contribution in [0.25, 0.3) is 10.2 Å². The third-order valence-corrected chi connectivity index (χ3v) is 7.04. The lowest BCUT2D eigenvalue weighted by Crippen LogP contribution is -2.45. The summed E-state index contributed by atoms with van der Waals surface area (Å²) in [4.78, 5) is 15.3. The Bertz CT molecular complexity index is 1170. The van der Waals surface area contributed by atoms with Crippen LogP contribution >= 0.6 is 34.5 Å². The smallest absolute Gasteiger partial charge is 0.393 e. The maximum absolute atomic E-state index is 12.4. The van der Waals surface area contributed by atoms with E-state index in [0.29, 0.717) is 21.3 Å². The average molecular weight is 460 g/mol. The van der Waals surface area contributed by atoms with Gasteiger partial charge in [0.1, 0.15) is 4.34 Å². The van der Waals surface area contributed by atoms with Crippen molar-refractivity contribution in [3.63, 3.8) is 0 Å². The molecule has 0 saturated heterocycles. The number of sulfonamides is 1. The summed E-state index contributed by atoms with van der Waals surface area (Å²) in [6, 6.07) is 8.04. The SMILES string of the molecule is CS(=O)(=O)N[C@@H]1c2ccccc2C[C@H]1NC(=O)Oc1cc2sc(Cl)c(Cl)c2[nH]1. The summed E-state index contributed by atoms with van der Waals surface area (Å²) >= 11 is 13.3. The molecule has 3 N–H and O–H groups in total. The highest BCUT2D eigenvalue weighted by atomic mass is 35.5. The van der Waals surface area contributed by atoms with E-state index in [2.05, 4.69) is 15.0 Å². The summed E-state index contributed by atoms with van der Waals surface area (Å²) in [6.07, 6.45) is 0.873. The number of aromatic amines is 1. The van der Waals surface area contributed by atoms with Gasteiger partial charge in [-0.05, 0) is 17.5 Å². The first-order valence-corrected chi connectivity index (χ1v) is 11.7. The Balaban J connectivity index is 1.51. The van der Waals surface area contributed by atoms with Crippen LogP contribution < -0.4 is 14.8 Å². The zero-order chi connectivity index (χ0) is 20.1. The number of thiophene rings is 1. The number of hydrogen-bond acceptors (Lipinski definition) is 5. The number of carbonyl (C=O) groups is 1. The van der Waals surface area contributed by atoms with E-state index in [4.69, 9.17) is 27.9 Å². The lowest BCUT2D eigenvalue weighted by Gasteiger charge is -2.21. The molecule has 1 aromatic carbocycles. The van der Waals surface area contributed by atoms with Crippen molar-refractivity contribution in [3.05, 3.63) is 50.8 Å². The van der Waals surface area contributed by atoms with Gasteiger partial charge >= 0.3 is 6.09 Å². The second-order valence-electron chi connectivity index (χ2n) is 6.47. The van der Waals surface area contributed by atoms with Crippen molar-refractivity contribution in [2.24, 2.45) is 0 Å². The lowest BCUT2D eigenvalue weighted by molar-refractivity contribution is 0.192. The Kier molecular flexibility index (Phi) is 5.05. The van der Waals surface area contributed by atoms with Gasteiger partial charge in [0.15, 0.2) is 0 Å². The summed E-state index contributed by atoms with van der Waals surface area (Å²) in [5, 5.41) is 3.12. The Labute approximate surface area is 175 Å². The van der Waals surface area contributed by atoms with Crippen LogP contribution in [0.15, 0.2) is 30.3 Å². The standard InChI is InChI=1S/C17H15Cl2N3O4S2/c1-28(24,25)22-14-9-5-3-2-4-8(9)6-10(14)20-17(23)26-12-7-11-15(21-12)13(18)16(19)27-11/h2-5,7,10,14,21-22H,6H2,1H3,(H,20,23)/t10-,14-/m1/s1. The summed E-state index contributed by atoms with van der Waals surface area (Å²) < 4.78 is 32.7. The molecule has 0 fully saturated rings. The van der Waals surface area contributed by atoms with Crippen molar-refractivity contribution >= 4 is 60.9 Å².